The highest BCUT2D eigenvalue weighted by atomic mass is 32.1. The first-order chi connectivity index (χ1) is 8.42. The summed E-state index contributed by atoms with van der Waals surface area (Å²) in [5.41, 5.74) is 2.71. The molecule has 0 radical (unpaired) electrons. The molecule has 0 atom stereocenters. The van der Waals surface area contributed by atoms with Gasteiger partial charge >= 0.3 is 0 Å². The SMILES string of the molecule is c1ncc(CNCc2cc3c(s2)CCC3)cn1. The molecular weight excluding hydrogens is 230 g/mol. The number of rotatable bonds is 4. The maximum Gasteiger partial charge on any atom is 0.115 e. The summed E-state index contributed by atoms with van der Waals surface area (Å²) in [4.78, 5) is 11.1. The Labute approximate surface area is 105 Å². The maximum absolute atomic E-state index is 4.00. The van der Waals surface area contributed by atoms with E-state index < -0.39 is 0 Å². The van der Waals surface area contributed by atoms with E-state index in [1.54, 1.807) is 16.8 Å². The number of hydrogen-bond acceptors (Lipinski definition) is 4. The fraction of sp³-hybridized carbons (Fsp3) is 0.385. The number of aromatic nitrogens is 2. The Hall–Kier alpha value is -1.26. The molecule has 1 N–H and O–H groups in total. The van der Waals surface area contributed by atoms with Gasteiger partial charge in [0.2, 0.25) is 0 Å². The summed E-state index contributed by atoms with van der Waals surface area (Å²) < 4.78 is 0. The Morgan fingerprint density at radius 1 is 1.18 bits per heavy atom. The maximum atomic E-state index is 4.00. The molecule has 0 saturated heterocycles. The summed E-state index contributed by atoms with van der Waals surface area (Å²) >= 11 is 1.96. The molecule has 0 aromatic carbocycles. The molecule has 0 spiro atoms. The number of nitrogens with zero attached hydrogens (tertiary/aromatic N) is 2. The molecule has 0 fully saturated rings. The molecule has 0 saturated carbocycles. The van der Waals surface area contributed by atoms with Crippen LogP contribution in [0.15, 0.2) is 24.8 Å². The molecule has 2 aromatic rings. The third-order valence-corrected chi connectivity index (χ3v) is 4.28. The van der Waals surface area contributed by atoms with Gasteiger partial charge in [-0.2, -0.15) is 0 Å². The monoisotopic (exact) mass is 245 g/mol. The minimum atomic E-state index is 0.837. The molecule has 17 heavy (non-hydrogen) atoms. The van der Waals surface area contributed by atoms with Crippen LogP contribution in [0.4, 0.5) is 0 Å². The van der Waals surface area contributed by atoms with E-state index in [9.17, 15) is 0 Å². The molecule has 1 aliphatic rings. The van der Waals surface area contributed by atoms with Crippen LogP contribution in [-0.4, -0.2) is 9.97 Å². The minimum absolute atomic E-state index is 0.837. The molecule has 1 aliphatic carbocycles. The molecule has 4 heteroatoms. The van der Waals surface area contributed by atoms with Crippen LogP contribution in [0.2, 0.25) is 0 Å². The molecule has 3 nitrogen and oxygen atoms in total. The lowest BCUT2D eigenvalue weighted by Gasteiger charge is -2.02. The second kappa shape index (κ2) is 4.94. The van der Waals surface area contributed by atoms with E-state index >= 15 is 0 Å². The van der Waals surface area contributed by atoms with Gasteiger partial charge < -0.3 is 5.32 Å². The van der Waals surface area contributed by atoms with Crippen molar-refractivity contribution in [2.45, 2.75) is 32.4 Å². The summed E-state index contributed by atoms with van der Waals surface area (Å²) in [6.45, 7) is 1.79. The fourth-order valence-corrected chi connectivity index (χ4v) is 3.46. The normalized spacial score (nSPS) is 13.9. The molecule has 0 amide bonds. The van der Waals surface area contributed by atoms with E-state index in [-0.39, 0.29) is 0 Å². The van der Waals surface area contributed by atoms with Gasteiger partial charge in [-0.3, -0.25) is 0 Å². The van der Waals surface area contributed by atoms with Crippen molar-refractivity contribution in [3.05, 3.63) is 45.7 Å². The zero-order valence-corrected chi connectivity index (χ0v) is 10.5. The van der Waals surface area contributed by atoms with Crippen molar-refractivity contribution in [2.24, 2.45) is 0 Å². The van der Waals surface area contributed by atoms with Gasteiger partial charge in [0.1, 0.15) is 6.33 Å². The first-order valence-electron chi connectivity index (χ1n) is 5.97. The summed E-state index contributed by atoms with van der Waals surface area (Å²) in [5, 5.41) is 3.44. The van der Waals surface area contributed by atoms with Crippen LogP contribution >= 0.6 is 11.3 Å². The van der Waals surface area contributed by atoms with Crippen LogP contribution in [0.25, 0.3) is 0 Å². The molecule has 3 rings (SSSR count). The van der Waals surface area contributed by atoms with Crippen molar-refractivity contribution in [3.63, 3.8) is 0 Å². The van der Waals surface area contributed by atoms with E-state index in [0.717, 1.165) is 18.7 Å². The lowest BCUT2D eigenvalue weighted by atomic mass is 10.2. The quantitative estimate of drug-likeness (QED) is 0.898. The number of fused-ring (bicyclic) bond motifs is 1. The lowest BCUT2D eigenvalue weighted by Crippen LogP contribution is -2.12. The number of nitrogens with one attached hydrogen (secondary N) is 1. The van der Waals surface area contributed by atoms with E-state index in [2.05, 4.69) is 21.4 Å². The highest BCUT2D eigenvalue weighted by Crippen LogP contribution is 2.30. The van der Waals surface area contributed by atoms with Crippen LogP contribution in [0.3, 0.4) is 0 Å². The number of aryl methyl sites for hydroxylation is 2. The summed E-state index contributed by atoms with van der Waals surface area (Å²) in [6, 6.07) is 2.36. The van der Waals surface area contributed by atoms with Gasteiger partial charge in [-0.25, -0.2) is 9.97 Å². The van der Waals surface area contributed by atoms with Gasteiger partial charge in [-0.1, -0.05) is 0 Å². The topological polar surface area (TPSA) is 37.8 Å². The summed E-state index contributed by atoms with van der Waals surface area (Å²) in [6.07, 6.45) is 9.18. The molecule has 2 aromatic heterocycles. The van der Waals surface area contributed by atoms with Crippen LogP contribution in [0.5, 0.6) is 0 Å². The van der Waals surface area contributed by atoms with Gasteiger partial charge in [-0.15, -0.1) is 11.3 Å². The Kier molecular flexibility index (Phi) is 3.16. The summed E-state index contributed by atoms with van der Waals surface area (Å²) in [5.74, 6) is 0. The van der Waals surface area contributed by atoms with Gasteiger partial charge in [0, 0.05) is 40.8 Å². The largest absolute Gasteiger partial charge is 0.308 e. The number of hydrogen-bond donors (Lipinski definition) is 1. The lowest BCUT2D eigenvalue weighted by molar-refractivity contribution is 0.695. The average Bonchev–Trinajstić information content (AvgIpc) is 2.91. The fourth-order valence-electron chi connectivity index (χ4n) is 2.23. The Balaban J connectivity index is 1.54. The van der Waals surface area contributed by atoms with E-state index in [4.69, 9.17) is 0 Å². The van der Waals surface area contributed by atoms with Gasteiger partial charge in [-0.05, 0) is 30.9 Å². The van der Waals surface area contributed by atoms with Crippen LogP contribution in [0.1, 0.15) is 27.3 Å². The Bertz CT molecular complexity index is 471. The predicted molar refractivity (Wildman–Crippen MR) is 68.9 cm³/mol. The van der Waals surface area contributed by atoms with Crippen LogP contribution < -0.4 is 5.32 Å². The number of thiophene rings is 1. The minimum Gasteiger partial charge on any atom is -0.308 e. The van der Waals surface area contributed by atoms with Crippen molar-refractivity contribution in [3.8, 4) is 0 Å². The second-order valence-corrected chi connectivity index (χ2v) is 5.59. The average molecular weight is 245 g/mol. The molecule has 2 heterocycles. The van der Waals surface area contributed by atoms with Crippen molar-refractivity contribution in [1.82, 2.24) is 15.3 Å². The Morgan fingerprint density at radius 3 is 2.88 bits per heavy atom. The predicted octanol–water partition coefficient (Wildman–Crippen LogP) is 2.32. The molecule has 0 aliphatic heterocycles. The molecule has 0 bridgehead atoms. The highest BCUT2D eigenvalue weighted by Gasteiger charge is 2.14. The third kappa shape index (κ3) is 2.53. The third-order valence-electron chi connectivity index (χ3n) is 3.04. The molecular formula is C13H15N3S. The van der Waals surface area contributed by atoms with Crippen molar-refractivity contribution < 1.29 is 0 Å². The van der Waals surface area contributed by atoms with Crippen LogP contribution in [-0.2, 0) is 25.9 Å². The second-order valence-electron chi connectivity index (χ2n) is 4.36. The standard InChI is InChI=1S/C13H15N3S/c1-2-11-4-12(17-13(11)3-1)8-14-5-10-6-15-9-16-7-10/h4,6-7,9,14H,1-3,5,8H2. The van der Waals surface area contributed by atoms with E-state index in [1.807, 2.05) is 23.7 Å². The molecule has 0 unspecified atom stereocenters. The van der Waals surface area contributed by atoms with Crippen LogP contribution in [0, 0.1) is 0 Å². The van der Waals surface area contributed by atoms with Gasteiger partial charge in [0.25, 0.3) is 0 Å². The van der Waals surface area contributed by atoms with E-state index in [1.165, 1.54) is 24.1 Å². The summed E-state index contributed by atoms with van der Waals surface area (Å²) in [7, 11) is 0. The zero-order chi connectivity index (χ0) is 11.5. The first kappa shape index (κ1) is 10.9. The van der Waals surface area contributed by atoms with Gasteiger partial charge in [0.15, 0.2) is 0 Å². The van der Waals surface area contributed by atoms with Crippen molar-refractivity contribution >= 4 is 11.3 Å². The molecule has 88 valence electrons. The van der Waals surface area contributed by atoms with Gasteiger partial charge in [0.05, 0.1) is 0 Å². The first-order valence-corrected chi connectivity index (χ1v) is 6.78. The smallest absolute Gasteiger partial charge is 0.115 e. The van der Waals surface area contributed by atoms with E-state index in [0.29, 0.717) is 0 Å². The Morgan fingerprint density at radius 2 is 2.06 bits per heavy atom. The zero-order valence-electron chi connectivity index (χ0n) is 9.65. The van der Waals surface area contributed by atoms with Crippen molar-refractivity contribution in [2.75, 3.05) is 0 Å². The van der Waals surface area contributed by atoms with Crippen molar-refractivity contribution in [1.29, 1.82) is 0 Å². The highest BCUT2D eigenvalue weighted by molar-refractivity contribution is 7.12.